The molecule has 0 bridgehead atoms. The Labute approximate surface area is 131 Å². The molecule has 0 saturated carbocycles. The molecule has 0 spiro atoms. The predicted molar refractivity (Wildman–Crippen MR) is 88.2 cm³/mol. The van der Waals surface area contributed by atoms with E-state index >= 15 is 0 Å². The summed E-state index contributed by atoms with van der Waals surface area (Å²) in [5.74, 6) is -0.0850. The summed E-state index contributed by atoms with van der Waals surface area (Å²) in [4.78, 5) is 12.3. The smallest absolute Gasteiger partial charge is 0.251 e. The number of nitrogens with two attached hydrogens (primary N) is 1. The van der Waals surface area contributed by atoms with E-state index in [1.54, 1.807) is 23.5 Å². The van der Waals surface area contributed by atoms with Crippen LogP contribution >= 0.6 is 27.3 Å². The zero-order valence-corrected chi connectivity index (χ0v) is 13.8. The van der Waals surface area contributed by atoms with Gasteiger partial charge in [-0.15, -0.1) is 0 Å². The molecule has 0 radical (unpaired) electrons. The van der Waals surface area contributed by atoms with E-state index in [0.717, 1.165) is 16.5 Å². The molecule has 1 heterocycles. The number of anilines is 1. The molecular formula is C15H17BrN2OS. The fraction of sp³-hybridized carbons (Fsp3) is 0.267. The molecule has 1 amide bonds. The number of amides is 1. The van der Waals surface area contributed by atoms with E-state index in [0.29, 0.717) is 11.3 Å². The second-order valence-electron chi connectivity index (χ2n) is 4.88. The number of nitrogen functional groups attached to an aromatic ring is 1. The van der Waals surface area contributed by atoms with Gasteiger partial charge in [0.15, 0.2) is 0 Å². The molecular weight excluding hydrogens is 336 g/mol. The summed E-state index contributed by atoms with van der Waals surface area (Å²) in [5, 5.41) is 7.17. The first-order valence-corrected chi connectivity index (χ1v) is 8.08. The molecule has 1 atom stereocenters. The first kappa shape index (κ1) is 15.1. The number of rotatable bonds is 4. The fourth-order valence-electron chi connectivity index (χ4n) is 2.05. The van der Waals surface area contributed by atoms with Crippen LogP contribution in [0.2, 0.25) is 0 Å². The van der Waals surface area contributed by atoms with Crippen molar-refractivity contribution in [2.75, 3.05) is 5.73 Å². The van der Waals surface area contributed by atoms with E-state index in [2.05, 4.69) is 32.7 Å². The van der Waals surface area contributed by atoms with Gasteiger partial charge in [-0.25, -0.2) is 0 Å². The van der Waals surface area contributed by atoms with Crippen molar-refractivity contribution >= 4 is 38.9 Å². The van der Waals surface area contributed by atoms with Crippen molar-refractivity contribution in [1.82, 2.24) is 5.32 Å². The van der Waals surface area contributed by atoms with Crippen molar-refractivity contribution in [3.8, 4) is 0 Å². The quantitative estimate of drug-likeness (QED) is 0.823. The van der Waals surface area contributed by atoms with Gasteiger partial charge in [-0.1, -0.05) is 15.9 Å². The molecule has 3 N–H and O–H groups in total. The van der Waals surface area contributed by atoms with Crippen LogP contribution in [0, 0.1) is 6.92 Å². The highest BCUT2D eigenvalue weighted by atomic mass is 79.9. The minimum atomic E-state index is -0.0850. The minimum absolute atomic E-state index is 0.0803. The number of hydrogen-bond donors (Lipinski definition) is 2. The van der Waals surface area contributed by atoms with Crippen LogP contribution in [0.5, 0.6) is 0 Å². The molecule has 1 aromatic carbocycles. The van der Waals surface area contributed by atoms with Gasteiger partial charge < -0.3 is 11.1 Å². The Bertz CT molecular complexity index is 611. The third-order valence-electron chi connectivity index (χ3n) is 3.16. The number of nitrogens with one attached hydrogen (secondary N) is 1. The van der Waals surface area contributed by atoms with Crippen LogP contribution in [-0.2, 0) is 6.42 Å². The Kier molecular flexibility index (Phi) is 4.83. The molecule has 2 rings (SSSR count). The largest absolute Gasteiger partial charge is 0.398 e. The lowest BCUT2D eigenvalue weighted by Crippen LogP contribution is -2.34. The average Bonchev–Trinajstić information content (AvgIpc) is 2.86. The molecule has 0 fully saturated rings. The summed E-state index contributed by atoms with van der Waals surface area (Å²) in [6.07, 6.45) is 0.831. The summed E-state index contributed by atoms with van der Waals surface area (Å²) in [5.41, 5.74) is 9.19. The highest BCUT2D eigenvalue weighted by Gasteiger charge is 2.15. The maximum Gasteiger partial charge on any atom is 0.251 e. The molecule has 0 aliphatic carbocycles. The summed E-state index contributed by atoms with van der Waals surface area (Å²) < 4.78 is 0.816. The van der Waals surface area contributed by atoms with Crippen LogP contribution in [-0.4, -0.2) is 11.9 Å². The van der Waals surface area contributed by atoms with E-state index in [1.165, 1.54) is 5.56 Å². The van der Waals surface area contributed by atoms with Gasteiger partial charge in [0, 0.05) is 21.8 Å². The van der Waals surface area contributed by atoms with Crippen molar-refractivity contribution in [3.63, 3.8) is 0 Å². The van der Waals surface area contributed by atoms with Crippen molar-refractivity contribution < 1.29 is 4.79 Å². The van der Waals surface area contributed by atoms with Crippen LogP contribution < -0.4 is 11.1 Å². The highest BCUT2D eigenvalue weighted by molar-refractivity contribution is 9.10. The number of hydrogen-bond acceptors (Lipinski definition) is 3. The normalized spacial score (nSPS) is 12.2. The van der Waals surface area contributed by atoms with Crippen molar-refractivity contribution in [3.05, 3.63) is 50.1 Å². The van der Waals surface area contributed by atoms with E-state index in [4.69, 9.17) is 5.73 Å². The molecule has 3 nitrogen and oxygen atoms in total. The monoisotopic (exact) mass is 352 g/mol. The maximum atomic E-state index is 12.3. The third kappa shape index (κ3) is 3.61. The van der Waals surface area contributed by atoms with E-state index in [-0.39, 0.29) is 11.9 Å². The van der Waals surface area contributed by atoms with Gasteiger partial charge in [0.25, 0.3) is 5.91 Å². The molecule has 0 saturated heterocycles. The first-order valence-electron chi connectivity index (χ1n) is 6.35. The van der Waals surface area contributed by atoms with Gasteiger partial charge in [-0.3, -0.25) is 4.79 Å². The summed E-state index contributed by atoms with van der Waals surface area (Å²) in [6.45, 7) is 3.87. The standard InChI is InChI=1S/C15H17BrN2OS/c1-9(5-11-3-4-20-8-11)18-15(19)13-6-12(16)7-14(17)10(13)2/h3-4,6-9H,5,17H2,1-2H3,(H,18,19). The van der Waals surface area contributed by atoms with Crippen LogP contribution in [0.15, 0.2) is 33.4 Å². The average molecular weight is 353 g/mol. The molecule has 1 aromatic heterocycles. The van der Waals surface area contributed by atoms with E-state index in [9.17, 15) is 4.79 Å². The molecule has 20 heavy (non-hydrogen) atoms. The van der Waals surface area contributed by atoms with Crippen LogP contribution in [0.25, 0.3) is 0 Å². The Hall–Kier alpha value is -1.33. The lowest BCUT2D eigenvalue weighted by atomic mass is 10.1. The first-order chi connectivity index (χ1) is 9.47. The number of carbonyl (C=O) groups is 1. The number of thiophene rings is 1. The van der Waals surface area contributed by atoms with Gasteiger partial charge in [0.05, 0.1) is 0 Å². The van der Waals surface area contributed by atoms with Gasteiger partial charge in [-0.05, 0) is 60.4 Å². The minimum Gasteiger partial charge on any atom is -0.398 e. The number of carbonyl (C=O) groups excluding carboxylic acids is 1. The Morgan fingerprint density at radius 3 is 2.90 bits per heavy atom. The number of benzene rings is 1. The molecule has 0 aliphatic heterocycles. The summed E-state index contributed by atoms with van der Waals surface area (Å²) in [7, 11) is 0. The van der Waals surface area contributed by atoms with Crippen LogP contribution in [0.3, 0.4) is 0 Å². The molecule has 106 valence electrons. The fourth-order valence-corrected chi connectivity index (χ4v) is 3.21. The second-order valence-corrected chi connectivity index (χ2v) is 6.57. The van der Waals surface area contributed by atoms with Crippen molar-refractivity contribution in [1.29, 1.82) is 0 Å². The zero-order chi connectivity index (χ0) is 14.7. The molecule has 0 aliphatic rings. The lowest BCUT2D eigenvalue weighted by molar-refractivity contribution is 0.0939. The third-order valence-corrected chi connectivity index (χ3v) is 4.35. The topological polar surface area (TPSA) is 55.1 Å². The van der Waals surface area contributed by atoms with Crippen molar-refractivity contribution in [2.45, 2.75) is 26.3 Å². The summed E-state index contributed by atoms with van der Waals surface area (Å²) in [6, 6.07) is 5.77. The maximum absolute atomic E-state index is 12.3. The van der Waals surface area contributed by atoms with E-state index < -0.39 is 0 Å². The van der Waals surface area contributed by atoms with Gasteiger partial charge >= 0.3 is 0 Å². The molecule has 5 heteroatoms. The SMILES string of the molecule is Cc1c(N)cc(Br)cc1C(=O)NC(C)Cc1ccsc1. The predicted octanol–water partition coefficient (Wildman–Crippen LogP) is 3.76. The second kappa shape index (κ2) is 6.41. The van der Waals surface area contributed by atoms with Gasteiger partial charge in [0.1, 0.15) is 0 Å². The Balaban J connectivity index is 2.08. The van der Waals surface area contributed by atoms with Crippen LogP contribution in [0.1, 0.15) is 28.4 Å². The Morgan fingerprint density at radius 2 is 2.25 bits per heavy atom. The van der Waals surface area contributed by atoms with Crippen molar-refractivity contribution in [2.24, 2.45) is 0 Å². The van der Waals surface area contributed by atoms with Gasteiger partial charge in [0.2, 0.25) is 0 Å². The molecule has 2 aromatic rings. The lowest BCUT2D eigenvalue weighted by Gasteiger charge is -2.15. The van der Waals surface area contributed by atoms with E-state index in [1.807, 2.05) is 19.2 Å². The summed E-state index contributed by atoms with van der Waals surface area (Å²) >= 11 is 5.04. The van der Waals surface area contributed by atoms with Gasteiger partial charge in [-0.2, -0.15) is 11.3 Å². The molecule has 1 unspecified atom stereocenters. The number of halogens is 1. The van der Waals surface area contributed by atoms with Crippen LogP contribution in [0.4, 0.5) is 5.69 Å². The Morgan fingerprint density at radius 1 is 1.50 bits per heavy atom. The highest BCUT2D eigenvalue weighted by Crippen LogP contribution is 2.22. The zero-order valence-electron chi connectivity index (χ0n) is 11.4.